The Morgan fingerprint density at radius 3 is 2.39 bits per heavy atom. The maximum absolute atomic E-state index is 12.7. The fourth-order valence-corrected chi connectivity index (χ4v) is 3.55. The zero-order chi connectivity index (χ0) is 19.7. The van der Waals surface area contributed by atoms with Gasteiger partial charge in [0.2, 0.25) is 5.78 Å². The Kier molecular flexibility index (Phi) is 5.12. The molecule has 28 heavy (non-hydrogen) atoms. The molecule has 140 valence electrons. The van der Waals surface area contributed by atoms with Crippen LogP contribution in [0.3, 0.4) is 0 Å². The van der Waals surface area contributed by atoms with Gasteiger partial charge in [-0.25, -0.2) is 0 Å². The van der Waals surface area contributed by atoms with E-state index < -0.39 is 0 Å². The number of Topliss-reactive ketones (excluding diaryl/α,β-unsaturated/α-hetero) is 1. The first-order valence-corrected chi connectivity index (χ1v) is 9.49. The Labute approximate surface area is 173 Å². The third kappa shape index (κ3) is 3.51. The van der Waals surface area contributed by atoms with Crippen LogP contribution in [0.4, 0.5) is 0 Å². The number of fused-ring (bicyclic) bond motifs is 1. The van der Waals surface area contributed by atoms with Crippen LogP contribution < -0.4 is 9.47 Å². The highest BCUT2D eigenvalue weighted by atomic mass is 35.5. The first kappa shape index (κ1) is 18.6. The van der Waals surface area contributed by atoms with Crippen molar-refractivity contribution in [1.82, 2.24) is 0 Å². The van der Waals surface area contributed by atoms with E-state index in [-0.39, 0.29) is 12.4 Å². The van der Waals surface area contributed by atoms with Gasteiger partial charge in [-0.2, -0.15) is 0 Å². The summed E-state index contributed by atoms with van der Waals surface area (Å²) >= 11 is 12.4. The molecule has 1 heterocycles. The van der Waals surface area contributed by atoms with Crippen molar-refractivity contribution in [3.05, 3.63) is 98.7 Å². The molecule has 1 aliphatic heterocycles. The van der Waals surface area contributed by atoms with Crippen LogP contribution >= 0.6 is 23.2 Å². The lowest BCUT2D eigenvalue weighted by atomic mass is 10.1. The minimum atomic E-state index is -0.136. The Hall–Kier alpha value is -2.75. The molecular formula is C23H16Cl2O3. The van der Waals surface area contributed by atoms with E-state index in [4.69, 9.17) is 32.7 Å². The maximum atomic E-state index is 12.7. The highest BCUT2D eigenvalue weighted by Crippen LogP contribution is 2.39. The van der Waals surface area contributed by atoms with Crippen molar-refractivity contribution in [2.45, 2.75) is 13.5 Å². The van der Waals surface area contributed by atoms with Gasteiger partial charge in [0.25, 0.3) is 0 Å². The summed E-state index contributed by atoms with van der Waals surface area (Å²) in [5, 5.41) is 1.09. The van der Waals surface area contributed by atoms with Crippen LogP contribution in [-0.4, -0.2) is 5.78 Å². The number of halogens is 2. The van der Waals surface area contributed by atoms with E-state index in [1.54, 1.807) is 36.4 Å². The maximum Gasteiger partial charge on any atom is 0.231 e. The van der Waals surface area contributed by atoms with E-state index in [0.717, 1.165) is 11.1 Å². The van der Waals surface area contributed by atoms with Gasteiger partial charge in [0.1, 0.15) is 18.1 Å². The predicted molar refractivity (Wildman–Crippen MR) is 111 cm³/mol. The van der Waals surface area contributed by atoms with Crippen molar-refractivity contribution in [2.75, 3.05) is 0 Å². The standard InChI is InChI=1S/C23H16Cl2O3/c1-14-20(27-13-17-18(24)8-5-9-19(17)25)11-10-16-22(26)21(28-23(14)16)12-15-6-3-2-4-7-15/h2-12H,13H2,1H3/b21-12-. The van der Waals surface area contributed by atoms with Crippen molar-refractivity contribution in [3.8, 4) is 11.5 Å². The molecule has 0 radical (unpaired) electrons. The number of carbonyl (C=O) groups is 1. The lowest BCUT2D eigenvalue weighted by Gasteiger charge is -2.13. The summed E-state index contributed by atoms with van der Waals surface area (Å²) in [6.45, 7) is 2.08. The monoisotopic (exact) mass is 410 g/mol. The predicted octanol–water partition coefficient (Wildman–Crippen LogP) is 6.50. The normalized spacial score (nSPS) is 14.1. The molecule has 4 rings (SSSR count). The SMILES string of the molecule is Cc1c(OCc2c(Cl)cccc2Cl)ccc2c1O/C(=C\c1ccccc1)C2=O. The van der Waals surface area contributed by atoms with Crippen LogP contribution in [0.1, 0.15) is 27.0 Å². The molecule has 0 unspecified atom stereocenters. The lowest BCUT2D eigenvalue weighted by Crippen LogP contribution is -2.00. The molecule has 0 atom stereocenters. The van der Waals surface area contributed by atoms with E-state index in [1.807, 2.05) is 37.3 Å². The minimum absolute atomic E-state index is 0.136. The Bertz CT molecular complexity index is 1070. The molecule has 3 aromatic rings. The third-order valence-corrected chi connectivity index (χ3v) is 5.28. The van der Waals surface area contributed by atoms with Gasteiger partial charge in [0.05, 0.1) is 5.56 Å². The van der Waals surface area contributed by atoms with Gasteiger partial charge in [-0.1, -0.05) is 59.6 Å². The van der Waals surface area contributed by atoms with E-state index in [2.05, 4.69) is 0 Å². The largest absolute Gasteiger partial charge is 0.488 e. The van der Waals surface area contributed by atoms with Crippen molar-refractivity contribution in [2.24, 2.45) is 0 Å². The van der Waals surface area contributed by atoms with Gasteiger partial charge in [-0.05, 0) is 42.8 Å². The smallest absolute Gasteiger partial charge is 0.231 e. The van der Waals surface area contributed by atoms with Crippen LogP contribution in [0.15, 0.2) is 66.4 Å². The number of benzene rings is 3. The van der Waals surface area contributed by atoms with Crippen molar-refractivity contribution >= 4 is 35.1 Å². The van der Waals surface area contributed by atoms with E-state index in [0.29, 0.717) is 38.4 Å². The van der Waals surface area contributed by atoms with Gasteiger partial charge in [0, 0.05) is 21.2 Å². The fourth-order valence-electron chi connectivity index (χ4n) is 3.05. The molecule has 0 amide bonds. The molecule has 3 nitrogen and oxygen atoms in total. The zero-order valence-electron chi connectivity index (χ0n) is 15.0. The van der Waals surface area contributed by atoms with Gasteiger partial charge >= 0.3 is 0 Å². The van der Waals surface area contributed by atoms with Gasteiger partial charge in [-0.3, -0.25) is 4.79 Å². The Morgan fingerprint density at radius 2 is 1.68 bits per heavy atom. The van der Waals surface area contributed by atoms with Crippen LogP contribution in [-0.2, 0) is 6.61 Å². The number of rotatable bonds is 4. The van der Waals surface area contributed by atoms with Gasteiger partial charge in [0.15, 0.2) is 5.76 Å². The van der Waals surface area contributed by atoms with E-state index >= 15 is 0 Å². The fraction of sp³-hybridized carbons (Fsp3) is 0.0870. The molecule has 0 N–H and O–H groups in total. The summed E-state index contributed by atoms with van der Waals surface area (Å²) in [5.41, 5.74) is 2.90. The average Bonchev–Trinajstić information content (AvgIpc) is 3.00. The van der Waals surface area contributed by atoms with Crippen LogP contribution in [0.5, 0.6) is 11.5 Å². The number of allylic oxidation sites excluding steroid dienone is 1. The summed E-state index contributed by atoms with van der Waals surface area (Å²) in [7, 11) is 0. The first-order valence-electron chi connectivity index (χ1n) is 8.73. The molecule has 0 bridgehead atoms. The highest BCUT2D eigenvalue weighted by Gasteiger charge is 2.30. The highest BCUT2D eigenvalue weighted by molar-refractivity contribution is 6.35. The number of ketones is 1. The molecule has 5 heteroatoms. The number of ether oxygens (including phenoxy) is 2. The number of carbonyl (C=O) groups excluding carboxylic acids is 1. The summed E-state index contributed by atoms with van der Waals surface area (Å²) in [6, 6.07) is 18.4. The second kappa shape index (κ2) is 7.70. The Balaban J connectivity index is 1.60. The van der Waals surface area contributed by atoms with Crippen molar-refractivity contribution < 1.29 is 14.3 Å². The molecule has 0 spiro atoms. The topological polar surface area (TPSA) is 35.5 Å². The number of hydrogen-bond acceptors (Lipinski definition) is 3. The first-order chi connectivity index (χ1) is 13.5. The summed E-state index contributed by atoms with van der Waals surface area (Å²) < 4.78 is 11.8. The quantitative estimate of drug-likeness (QED) is 0.460. The van der Waals surface area contributed by atoms with Crippen LogP contribution in [0, 0.1) is 6.92 Å². The second-order valence-corrected chi connectivity index (χ2v) is 7.22. The third-order valence-electron chi connectivity index (χ3n) is 4.57. The summed E-state index contributed by atoms with van der Waals surface area (Å²) in [4.78, 5) is 12.7. The Morgan fingerprint density at radius 1 is 0.964 bits per heavy atom. The average molecular weight is 411 g/mol. The van der Waals surface area contributed by atoms with Crippen molar-refractivity contribution in [3.63, 3.8) is 0 Å². The zero-order valence-corrected chi connectivity index (χ0v) is 16.6. The minimum Gasteiger partial charge on any atom is -0.488 e. The van der Waals surface area contributed by atoms with E-state index in [1.165, 1.54) is 0 Å². The molecule has 0 saturated heterocycles. The molecular weight excluding hydrogens is 395 g/mol. The van der Waals surface area contributed by atoms with E-state index in [9.17, 15) is 4.79 Å². The van der Waals surface area contributed by atoms with Crippen LogP contribution in [0.25, 0.3) is 6.08 Å². The van der Waals surface area contributed by atoms with Gasteiger partial charge < -0.3 is 9.47 Å². The molecule has 1 aliphatic rings. The number of hydrogen-bond donors (Lipinski definition) is 0. The van der Waals surface area contributed by atoms with Crippen LogP contribution in [0.2, 0.25) is 10.0 Å². The van der Waals surface area contributed by atoms with Gasteiger partial charge in [-0.15, -0.1) is 0 Å². The molecule has 0 saturated carbocycles. The molecule has 3 aromatic carbocycles. The molecule has 0 fully saturated rings. The van der Waals surface area contributed by atoms with Crippen molar-refractivity contribution in [1.29, 1.82) is 0 Å². The second-order valence-electron chi connectivity index (χ2n) is 6.40. The summed E-state index contributed by atoms with van der Waals surface area (Å²) in [6.07, 6.45) is 1.74. The summed E-state index contributed by atoms with van der Waals surface area (Å²) in [5.74, 6) is 1.30. The molecule has 0 aromatic heterocycles. The lowest BCUT2D eigenvalue weighted by molar-refractivity contribution is 0.101. The molecule has 0 aliphatic carbocycles.